The number of furan rings is 1. The molecule has 2 aromatic rings. The molecule has 0 spiro atoms. The van der Waals surface area contributed by atoms with E-state index in [1.54, 1.807) is 23.6 Å². The lowest BCUT2D eigenvalue weighted by Gasteiger charge is -2.21. The summed E-state index contributed by atoms with van der Waals surface area (Å²) in [7, 11) is 0. The zero-order chi connectivity index (χ0) is 17.8. The fourth-order valence-electron chi connectivity index (χ4n) is 3.15. The average Bonchev–Trinajstić information content (AvgIpc) is 3.21. The van der Waals surface area contributed by atoms with Crippen LogP contribution in [-0.4, -0.2) is 40.0 Å². The van der Waals surface area contributed by atoms with E-state index in [2.05, 4.69) is 10.4 Å². The highest BCUT2D eigenvalue weighted by molar-refractivity contribution is 5.86. The van der Waals surface area contributed by atoms with E-state index >= 15 is 0 Å². The monoisotopic (exact) mass is 348 g/mol. The van der Waals surface area contributed by atoms with Gasteiger partial charge in [0.1, 0.15) is 18.1 Å². The highest BCUT2D eigenvalue weighted by Crippen LogP contribution is 2.21. The number of piperidine rings is 1. The Balaban J connectivity index is 1.82. The van der Waals surface area contributed by atoms with Crippen LogP contribution in [0, 0.1) is 0 Å². The Labute approximate surface area is 145 Å². The summed E-state index contributed by atoms with van der Waals surface area (Å²) in [6.07, 6.45) is 2.10. The molecule has 136 valence electrons. The number of ether oxygens (including phenoxy) is 1. The summed E-state index contributed by atoms with van der Waals surface area (Å²) in [5.41, 5.74) is -0.155. The molecule has 3 rings (SSSR count). The van der Waals surface area contributed by atoms with Crippen molar-refractivity contribution in [1.82, 2.24) is 19.7 Å². The Morgan fingerprint density at radius 2 is 2.28 bits per heavy atom. The van der Waals surface area contributed by atoms with E-state index in [1.165, 1.54) is 4.68 Å². The first-order chi connectivity index (χ1) is 12.1. The number of nitrogens with one attached hydrogen (secondary N) is 1. The molecule has 1 saturated heterocycles. The van der Waals surface area contributed by atoms with Crippen LogP contribution in [0.25, 0.3) is 0 Å². The maximum absolute atomic E-state index is 12.6. The number of hydrogen-bond acceptors (Lipinski definition) is 6. The highest BCUT2D eigenvalue weighted by atomic mass is 16.5. The van der Waals surface area contributed by atoms with Gasteiger partial charge in [0, 0.05) is 19.0 Å². The Hall–Kier alpha value is -2.35. The first-order valence-electron chi connectivity index (χ1n) is 8.78. The van der Waals surface area contributed by atoms with Crippen molar-refractivity contribution < 1.29 is 13.9 Å². The summed E-state index contributed by atoms with van der Waals surface area (Å²) in [6.45, 7) is 6.59. The molecule has 0 radical (unpaired) electrons. The zero-order valence-corrected chi connectivity index (χ0v) is 14.7. The molecule has 8 heteroatoms. The van der Waals surface area contributed by atoms with Crippen LogP contribution in [0.2, 0.25) is 0 Å². The van der Waals surface area contributed by atoms with Gasteiger partial charge in [0.05, 0.1) is 6.61 Å². The van der Waals surface area contributed by atoms with E-state index in [0.717, 1.165) is 31.8 Å². The van der Waals surface area contributed by atoms with E-state index in [4.69, 9.17) is 9.15 Å². The predicted molar refractivity (Wildman–Crippen MR) is 90.8 cm³/mol. The molecular formula is C17H24N4O4. The molecule has 1 N–H and O–H groups in total. The first-order valence-corrected chi connectivity index (χ1v) is 8.78. The van der Waals surface area contributed by atoms with Crippen molar-refractivity contribution >= 4 is 5.97 Å². The number of rotatable bonds is 6. The van der Waals surface area contributed by atoms with Crippen LogP contribution in [0.1, 0.15) is 54.7 Å². The van der Waals surface area contributed by atoms with Crippen LogP contribution in [0.5, 0.6) is 0 Å². The smallest absolute Gasteiger partial charge is 0.374 e. The lowest BCUT2D eigenvalue weighted by atomic mass is 9.99. The van der Waals surface area contributed by atoms with Gasteiger partial charge in [0.25, 0.3) is 0 Å². The van der Waals surface area contributed by atoms with Crippen molar-refractivity contribution in [2.75, 3.05) is 19.7 Å². The van der Waals surface area contributed by atoms with Gasteiger partial charge in [0.2, 0.25) is 5.76 Å². The van der Waals surface area contributed by atoms with Crippen LogP contribution in [-0.2, 0) is 17.8 Å². The van der Waals surface area contributed by atoms with E-state index in [1.807, 2.05) is 6.92 Å². The number of carbonyl (C=O) groups excluding carboxylic acids is 1. The molecule has 0 unspecified atom stereocenters. The van der Waals surface area contributed by atoms with E-state index in [-0.39, 0.29) is 30.5 Å². The van der Waals surface area contributed by atoms with Crippen LogP contribution in [0.3, 0.4) is 0 Å². The second-order valence-corrected chi connectivity index (χ2v) is 6.07. The number of nitrogens with zero attached hydrogens (tertiary/aromatic N) is 3. The second-order valence-electron chi connectivity index (χ2n) is 6.07. The molecule has 1 atom stereocenters. The maximum atomic E-state index is 12.6. The third-order valence-corrected chi connectivity index (χ3v) is 4.37. The molecule has 0 aliphatic carbocycles. The van der Waals surface area contributed by atoms with Crippen molar-refractivity contribution in [1.29, 1.82) is 0 Å². The fourth-order valence-corrected chi connectivity index (χ4v) is 3.15. The predicted octanol–water partition coefficient (Wildman–Crippen LogP) is 1.35. The first kappa shape index (κ1) is 17.5. The minimum atomic E-state index is -0.505. The molecule has 1 aliphatic rings. The van der Waals surface area contributed by atoms with Crippen LogP contribution >= 0.6 is 0 Å². The van der Waals surface area contributed by atoms with Gasteiger partial charge < -0.3 is 14.5 Å². The summed E-state index contributed by atoms with van der Waals surface area (Å²) in [4.78, 5) is 24.3. The van der Waals surface area contributed by atoms with Crippen molar-refractivity contribution in [2.45, 2.75) is 45.7 Å². The molecule has 2 aromatic heterocycles. The van der Waals surface area contributed by atoms with Gasteiger partial charge in [-0.3, -0.25) is 4.57 Å². The Morgan fingerprint density at radius 3 is 2.96 bits per heavy atom. The summed E-state index contributed by atoms with van der Waals surface area (Å²) >= 11 is 0. The Bertz CT molecular complexity index is 783. The summed E-state index contributed by atoms with van der Waals surface area (Å²) in [6, 6.07) is 3.23. The topological polar surface area (TPSA) is 91.3 Å². The van der Waals surface area contributed by atoms with Crippen molar-refractivity contribution in [2.24, 2.45) is 0 Å². The van der Waals surface area contributed by atoms with Crippen molar-refractivity contribution in [3.05, 3.63) is 40.0 Å². The number of carbonyl (C=O) groups is 1. The standard InChI is InChI=1S/C17H24N4O4/c1-3-20-15(12-6-5-9-18-10-12)19-21(17(20)23)11-13-7-8-14(25-13)16(22)24-4-2/h7-8,12,18H,3-6,9-11H2,1-2H3/t12-/m0/s1. The summed E-state index contributed by atoms with van der Waals surface area (Å²) < 4.78 is 13.5. The normalized spacial score (nSPS) is 17.6. The minimum absolute atomic E-state index is 0.136. The molecule has 0 aromatic carbocycles. The lowest BCUT2D eigenvalue weighted by molar-refractivity contribution is 0.0487. The molecule has 8 nitrogen and oxygen atoms in total. The van der Waals surface area contributed by atoms with Gasteiger partial charge in [-0.25, -0.2) is 14.3 Å². The van der Waals surface area contributed by atoms with E-state index in [0.29, 0.717) is 12.3 Å². The van der Waals surface area contributed by atoms with Gasteiger partial charge in [-0.05, 0) is 45.4 Å². The molecule has 0 amide bonds. The second kappa shape index (κ2) is 7.69. The molecule has 25 heavy (non-hydrogen) atoms. The number of hydrogen-bond donors (Lipinski definition) is 1. The maximum Gasteiger partial charge on any atom is 0.374 e. The van der Waals surface area contributed by atoms with Crippen molar-refractivity contribution in [3.8, 4) is 0 Å². The zero-order valence-electron chi connectivity index (χ0n) is 14.7. The molecule has 0 saturated carbocycles. The minimum Gasteiger partial charge on any atom is -0.460 e. The van der Waals surface area contributed by atoms with Crippen molar-refractivity contribution in [3.63, 3.8) is 0 Å². The summed E-state index contributed by atoms with van der Waals surface area (Å²) in [5.74, 6) is 1.19. The van der Waals surface area contributed by atoms with Gasteiger partial charge in [-0.2, -0.15) is 5.10 Å². The van der Waals surface area contributed by atoms with Gasteiger partial charge in [0.15, 0.2) is 0 Å². The summed E-state index contributed by atoms with van der Waals surface area (Å²) in [5, 5.41) is 7.90. The largest absolute Gasteiger partial charge is 0.460 e. The van der Waals surface area contributed by atoms with Gasteiger partial charge >= 0.3 is 11.7 Å². The Morgan fingerprint density at radius 1 is 1.44 bits per heavy atom. The third-order valence-electron chi connectivity index (χ3n) is 4.37. The lowest BCUT2D eigenvalue weighted by Crippen LogP contribution is -2.31. The van der Waals surface area contributed by atoms with Crippen LogP contribution in [0.15, 0.2) is 21.3 Å². The molecule has 1 aliphatic heterocycles. The Kier molecular flexibility index (Phi) is 5.37. The molecule has 0 bridgehead atoms. The molecule has 1 fully saturated rings. The third kappa shape index (κ3) is 3.68. The SMILES string of the molecule is CCOC(=O)c1ccc(Cn2nc([C@H]3CCCNC3)n(CC)c2=O)o1. The fraction of sp³-hybridized carbons (Fsp3) is 0.588. The van der Waals surface area contributed by atoms with E-state index in [9.17, 15) is 9.59 Å². The average molecular weight is 348 g/mol. The number of aromatic nitrogens is 3. The van der Waals surface area contributed by atoms with E-state index < -0.39 is 5.97 Å². The van der Waals surface area contributed by atoms with Crippen LogP contribution < -0.4 is 11.0 Å². The molecule has 3 heterocycles. The quantitative estimate of drug-likeness (QED) is 0.793. The van der Waals surface area contributed by atoms with Crippen LogP contribution in [0.4, 0.5) is 0 Å². The van der Waals surface area contributed by atoms with Gasteiger partial charge in [-0.15, -0.1) is 0 Å². The molecular weight excluding hydrogens is 324 g/mol. The highest BCUT2D eigenvalue weighted by Gasteiger charge is 2.24. The number of esters is 1. The van der Waals surface area contributed by atoms with Gasteiger partial charge in [-0.1, -0.05) is 0 Å².